The van der Waals surface area contributed by atoms with Crippen LogP contribution in [-0.2, 0) is 22.7 Å². The van der Waals surface area contributed by atoms with Crippen LogP contribution in [0.3, 0.4) is 0 Å². The third-order valence-corrected chi connectivity index (χ3v) is 4.70. The SMILES string of the molecule is NC(CNCc1ccc2c(c1)CN(C1CCC(=O)NC1=O)C2=O)C(F)(F)F. The molecule has 2 aliphatic heterocycles. The number of nitrogens with zero attached hydrogens (tertiary/aromatic N) is 1. The van der Waals surface area contributed by atoms with E-state index in [1.807, 2.05) is 0 Å². The quantitative estimate of drug-likeness (QED) is 0.639. The first-order chi connectivity index (χ1) is 12.7. The minimum Gasteiger partial charge on any atom is -0.322 e. The van der Waals surface area contributed by atoms with Crippen molar-refractivity contribution in [1.29, 1.82) is 0 Å². The van der Waals surface area contributed by atoms with Crippen molar-refractivity contribution in [2.45, 2.75) is 44.2 Å². The van der Waals surface area contributed by atoms with Crippen LogP contribution >= 0.6 is 0 Å². The molecule has 2 unspecified atom stereocenters. The second-order valence-corrected chi connectivity index (χ2v) is 6.67. The molecule has 2 heterocycles. The molecular weight excluding hydrogens is 365 g/mol. The number of hydrogen-bond donors (Lipinski definition) is 3. The van der Waals surface area contributed by atoms with Crippen molar-refractivity contribution < 1.29 is 27.6 Å². The number of alkyl halides is 3. The zero-order valence-electron chi connectivity index (χ0n) is 14.3. The highest BCUT2D eigenvalue weighted by Gasteiger charge is 2.39. The fraction of sp³-hybridized carbons (Fsp3) is 0.471. The lowest BCUT2D eigenvalue weighted by molar-refractivity contribution is -0.146. The predicted molar refractivity (Wildman–Crippen MR) is 88.2 cm³/mol. The van der Waals surface area contributed by atoms with E-state index in [4.69, 9.17) is 5.73 Å². The molecule has 146 valence electrons. The molecule has 0 radical (unpaired) electrons. The number of hydrogen-bond acceptors (Lipinski definition) is 5. The van der Waals surface area contributed by atoms with Crippen LogP contribution in [0.1, 0.15) is 34.3 Å². The number of carbonyl (C=O) groups excluding carboxylic acids is 3. The second-order valence-electron chi connectivity index (χ2n) is 6.67. The van der Waals surface area contributed by atoms with Crippen LogP contribution in [-0.4, -0.2) is 47.4 Å². The van der Waals surface area contributed by atoms with Crippen molar-refractivity contribution in [3.8, 4) is 0 Å². The number of amides is 3. The average molecular weight is 384 g/mol. The van der Waals surface area contributed by atoms with Gasteiger partial charge >= 0.3 is 6.18 Å². The van der Waals surface area contributed by atoms with Crippen LogP contribution in [0.15, 0.2) is 18.2 Å². The van der Waals surface area contributed by atoms with Crippen LogP contribution in [0.2, 0.25) is 0 Å². The average Bonchev–Trinajstić information content (AvgIpc) is 2.90. The van der Waals surface area contributed by atoms with Crippen molar-refractivity contribution in [2.24, 2.45) is 5.73 Å². The molecule has 0 saturated carbocycles. The summed E-state index contributed by atoms with van der Waals surface area (Å²) >= 11 is 0. The Labute approximate surface area is 153 Å². The van der Waals surface area contributed by atoms with Crippen LogP contribution in [0, 0.1) is 0 Å². The standard InChI is InChI=1S/C17H19F3N4O3/c18-17(19,20)13(21)7-22-6-9-1-2-11-10(5-9)8-24(16(11)27)12-3-4-14(25)23-15(12)26/h1-2,5,12-13,22H,3-4,6-8,21H2,(H,23,25,26). The van der Waals surface area contributed by atoms with Crippen molar-refractivity contribution in [3.05, 3.63) is 34.9 Å². The number of piperidine rings is 1. The highest BCUT2D eigenvalue weighted by Crippen LogP contribution is 2.28. The Morgan fingerprint density at radius 3 is 2.70 bits per heavy atom. The fourth-order valence-electron chi connectivity index (χ4n) is 3.23. The number of imide groups is 1. The number of carbonyl (C=O) groups is 3. The van der Waals surface area contributed by atoms with Gasteiger partial charge in [-0.15, -0.1) is 0 Å². The second kappa shape index (κ2) is 7.28. The van der Waals surface area contributed by atoms with E-state index in [9.17, 15) is 27.6 Å². The Hall–Kier alpha value is -2.46. The molecule has 0 aliphatic carbocycles. The maximum atomic E-state index is 12.6. The molecule has 7 nitrogen and oxygen atoms in total. The topological polar surface area (TPSA) is 105 Å². The Morgan fingerprint density at radius 1 is 1.30 bits per heavy atom. The Balaban J connectivity index is 1.64. The van der Waals surface area contributed by atoms with Gasteiger partial charge in [0.15, 0.2) is 0 Å². The molecule has 1 aromatic rings. The maximum absolute atomic E-state index is 12.6. The van der Waals surface area contributed by atoms with Gasteiger partial charge < -0.3 is 16.0 Å². The summed E-state index contributed by atoms with van der Waals surface area (Å²) in [5, 5.41) is 4.88. The summed E-state index contributed by atoms with van der Waals surface area (Å²) in [6, 6.07) is 2.33. The van der Waals surface area contributed by atoms with Gasteiger partial charge in [-0.1, -0.05) is 12.1 Å². The van der Waals surface area contributed by atoms with E-state index in [1.54, 1.807) is 18.2 Å². The van der Waals surface area contributed by atoms with Crippen LogP contribution in [0.4, 0.5) is 13.2 Å². The molecule has 0 aromatic heterocycles. The van der Waals surface area contributed by atoms with Gasteiger partial charge in [-0.05, 0) is 23.6 Å². The molecule has 0 bridgehead atoms. The van der Waals surface area contributed by atoms with Gasteiger partial charge in [0.1, 0.15) is 12.1 Å². The number of fused-ring (bicyclic) bond motifs is 1. The van der Waals surface area contributed by atoms with Gasteiger partial charge in [0.05, 0.1) is 0 Å². The first kappa shape index (κ1) is 19.3. The van der Waals surface area contributed by atoms with Crippen LogP contribution in [0.25, 0.3) is 0 Å². The third kappa shape index (κ3) is 4.11. The minimum atomic E-state index is -4.46. The van der Waals surface area contributed by atoms with E-state index in [0.29, 0.717) is 16.7 Å². The summed E-state index contributed by atoms with van der Waals surface area (Å²) in [5.74, 6) is -1.14. The van der Waals surface area contributed by atoms with Gasteiger partial charge in [0, 0.05) is 31.6 Å². The van der Waals surface area contributed by atoms with Crippen LogP contribution < -0.4 is 16.4 Å². The highest BCUT2D eigenvalue weighted by molar-refractivity contribution is 6.05. The molecule has 4 N–H and O–H groups in total. The van der Waals surface area contributed by atoms with E-state index >= 15 is 0 Å². The maximum Gasteiger partial charge on any atom is 0.404 e. The molecule has 0 spiro atoms. The monoisotopic (exact) mass is 384 g/mol. The molecule has 3 amide bonds. The minimum absolute atomic E-state index is 0.170. The summed E-state index contributed by atoms with van der Waals surface area (Å²) in [4.78, 5) is 37.2. The van der Waals surface area contributed by atoms with Gasteiger partial charge in [0.25, 0.3) is 5.91 Å². The van der Waals surface area contributed by atoms with Crippen LogP contribution in [0.5, 0.6) is 0 Å². The third-order valence-electron chi connectivity index (χ3n) is 4.70. The number of rotatable bonds is 5. The van der Waals surface area contributed by atoms with Gasteiger partial charge in [0.2, 0.25) is 11.8 Å². The Bertz CT molecular complexity index is 781. The summed E-state index contributed by atoms with van der Waals surface area (Å²) in [6.07, 6.45) is -4.01. The first-order valence-corrected chi connectivity index (χ1v) is 8.46. The summed E-state index contributed by atoms with van der Waals surface area (Å²) < 4.78 is 37.2. The summed E-state index contributed by atoms with van der Waals surface area (Å²) in [6.45, 7) is -0.0259. The number of halogens is 3. The lowest BCUT2D eigenvalue weighted by Gasteiger charge is -2.29. The largest absolute Gasteiger partial charge is 0.404 e. The van der Waals surface area contributed by atoms with E-state index in [0.717, 1.165) is 0 Å². The predicted octanol–water partition coefficient (Wildman–Crippen LogP) is 0.427. The smallest absolute Gasteiger partial charge is 0.322 e. The molecule has 1 fully saturated rings. The number of nitrogens with one attached hydrogen (secondary N) is 2. The normalized spacial score (nSPS) is 21.3. The Morgan fingerprint density at radius 2 is 2.04 bits per heavy atom. The highest BCUT2D eigenvalue weighted by atomic mass is 19.4. The van der Waals surface area contributed by atoms with E-state index in [1.165, 1.54) is 4.90 Å². The molecule has 10 heteroatoms. The summed E-state index contributed by atoms with van der Waals surface area (Å²) in [5.41, 5.74) is 6.91. The molecule has 1 saturated heterocycles. The molecule has 1 aromatic carbocycles. The summed E-state index contributed by atoms with van der Waals surface area (Å²) in [7, 11) is 0. The van der Waals surface area contributed by atoms with Crippen molar-refractivity contribution in [2.75, 3.05) is 6.54 Å². The van der Waals surface area contributed by atoms with Crippen molar-refractivity contribution >= 4 is 17.7 Å². The van der Waals surface area contributed by atoms with Crippen molar-refractivity contribution in [3.63, 3.8) is 0 Å². The van der Waals surface area contributed by atoms with E-state index in [-0.39, 0.29) is 37.7 Å². The zero-order valence-corrected chi connectivity index (χ0v) is 14.3. The van der Waals surface area contributed by atoms with E-state index in [2.05, 4.69) is 10.6 Å². The number of benzene rings is 1. The van der Waals surface area contributed by atoms with E-state index < -0.39 is 30.7 Å². The van der Waals surface area contributed by atoms with Gasteiger partial charge in [-0.25, -0.2) is 0 Å². The lowest BCUT2D eigenvalue weighted by atomic mass is 10.0. The molecule has 3 rings (SSSR count). The molecule has 2 aliphatic rings. The molecular formula is C17H19F3N4O3. The van der Waals surface area contributed by atoms with Gasteiger partial charge in [-0.3, -0.25) is 19.7 Å². The fourth-order valence-corrected chi connectivity index (χ4v) is 3.23. The lowest BCUT2D eigenvalue weighted by Crippen LogP contribution is -2.52. The molecule has 27 heavy (non-hydrogen) atoms. The first-order valence-electron chi connectivity index (χ1n) is 8.46. The zero-order chi connectivity index (χ0) is 19.8. The Kier molecular flexibility index (Phi) is 5.20. The van der Waals surface area contributed by atoms with Gasteiger partial charge in [-0.2, -0.15) is 13.2 Å². The number of nitrogens with two attached hydrogens (primary N) is 1. The van der Waals surface area contributed by atoms with Crippen molar-refractivity contribution in [1.82, 2.24) is 15.5 Å². The molecule has 2 atom stereocenters.